The van der Waals surface area contributed by atoms with Gasteiger partial charge in [-0.15, -0.1) is 0 Å². The van der Waals surface area contributed by atoms with Crippen molar-refractivity contribution in [1.82, 2.24) is 10.3 Å². The number of rotatable bonds is 5. The standard InChI is InChI=1S/C23H25FN4O2/c1-14-8-20(24)19(22(29)27-17-4-5-17)10-18(14)16-9-15(11-25)21(26-12-16)28-7-6-23(2,13-28)30-3/h8-10,12,17H,4-7,13H2,1-3H3,(H,27,29). The molecule has 1 saturated carbocycles. The van der Waals surface area contributed by atoms with Crippen molar-refractivity contribution in [2.24, 2.45) is 0 Å². The van der Waals surface area contributed by atoms with E-state index in [0.717, 1.165) is 25.8 Å². The molecule has 156 valence electrons. The highest BCUT2D eigenvalue weighted by molar-refractivity contribution is 5.96. The second-order valence-electron chi connectivity index (χ2n) is 8.43. The topological polar surface area (TPSA) is 78.2 Å². The molecule has 2 aromatic rings. The number of carbonyl (C=O) groups is 1. The van der Waals surface area contributed by atoms with E-state index < -0.39 is 11.7 Å². The second kappa shape index (κ2) is 7.69. The summed E-state index contributed by atoms with van der Waals surface area (Å²) in [5.41, 5.74) is 2.26. The molecule has 1 aliphatic heterocycles. The van der Waals surface area contributed by atoms with Gasteiger partial charge in [-0.2, -0.15) is 5.26 Å². The van der Waals surface area contributed by atoms with Crippen LogP contribution in [0.1, 0.15) is 47.7 Å². The van der Waals surface area contributed by atoms with Gasteiger partial charge in [-0.1, -0.05) is 0 Å². The summed E-state index contributed by atoms with van der Waals surface area (Å²) >= 11 is 0. The second-order valence-corrected chi connectivity index (χ2v) is 8.43. The number of aryl methyl sites for hydroxylation is 1. The first-order valence-corrected chi connectivity index (χ1v) is 10.1. The highest BCUT2D eigenvalue weighted by Crippen LogP contribution is 2.33. The largest absolute Gasteiger partial charge is 0.377 e. The van der Waals surface area contributed by atoms with Gasteiger partial charge in [0.15, 0.2) is 0 Å². The Hall–Kier alpha value is -2.98. The number of ether oxygens (including phenoxy) is 1. The summed E-state index contributed by atoms with van der Waals surface area (Å²) in [7, 11) is 1.69. The number of carbonyl (C=O) groups excluding carboxylic acids is 1. The molecule has 2 heterocycles. The van der Waals surface area contributed by atoms with E-state index in [1.807, 2.05) is 6.92 Å². The summed E-state index contributed by atoms with van der Waals surface area (Å²) in [5.74, 6) is -0.332. The summed E-state index contributed by atoms with van der Waals surface area (Å²) in [6.45, 7) is 5.24. The minimum Gasteiger partial charge on any atom is -0.377 e. The molecular weight excluding hydrogens is 383 g/mol. The van der Waals surface area contributed by atoms with Crippen molar-refractivity contribution in [3.63, 3.8) is 0 Å². The van der Waals surface area contributed by atoms with Gasteiger partial charge in [0, 0.05) is 38.0 Å². The van der Waals surface area contributed by atoms with E-state index in [1.54, 1.807) is 32.4 Å². The molecule has 1 aromatic heterocycles. The maximum Gasteiger partial charge on any atom is 0.254 e. The molecule has 7 heteroatoms. The Morgan fingerprint density at radius 2 is 2.17 bits per heavy atom. The number of nitrogens with zero attached hydrogens (tertiary/aromatic N) is 3. The van der Waals surface area contributed by atoms with Crippen molar-refractivity contribution in [2.75, 3.05) is 25.1 Å². The van der Waals surface area contributed by atoms with E-state index in [0.29, 0.717) is 34.6 Å². The van der Waals surface area contributed by atoms with E-state index in [4.69, 9.17) is 4.74 Å². The van der Waals surface area contributed by atoms with Crippen LogP contribution in [0.5, 0.6) is 0 Å². The molecule has 0 radical (unpaired) electrons. The third-order valence-electron chi connectivity index (χ3n) is 6.00. The normalized spacial score (nSPS) is 20.8. The predicted molar refractivity (Wildman–Crippen MR) is 112 cm³/mol. The molecule has 1 N–H and O–H groups in total. The molecule has 2 aliphatic rings. The minimum atomic E-state index is -0.546. The van der Waals surface area contributed by atoms with Crippen molar-refractivity contribution in [2.45, 2.75) is 44.8 Å². The highest BCUT2D eigenvalue weighted by Gasteiger charge is 2.35. The third-order valence-corrected chi connectivity index (χ3v) is 6.00. The smallest absolute Gasteiger partial charge is 0.254 e. The number of benzene rings is 1. The van der Waals surface area contributed by atoms with Gasteiger partial charge in [-0.05, 0) is 62.4 Å². The lowest BCUT2D eigenvalue weighted by molar-refractivity contribution is 0.0256. The Morgan fingerprint density at radius 1 is 1.40 bits per heavy atom. The fraction of sp³-hybridized carbons (Fsp3) is 0.435. The number of methoxy groups -OCH3 is 1. The van der Waals surface area contributed by atoms with Crippen molar-refractivity contribution >= 4 is 11.7 Å². The van der Waals surface area contributed by atoms with Gasteiger partial charge < -0.3 is 15.0 Å². The van der Waals surface area contributed by atoms with E-state index >= 15 is 0 Å². The van der Waals surface area contributed by atoms with Crippen molar-refractivity contribution < 1.29 is 13.9 Å². The number of nitrogens with one attached hydrogen (secondary N) is 1. The van der Waals surface area contributed by atoms with Gasteiger partial charge in [0.25, 0.3) is 5.91 Å². The molecule has 6 nitrogen and oxygen atoms in total. The summed E-state index contributed by atoms with van der Waals surface area (Å²) in [6, 6.07) is 7.05. The van der Waals surface area contributed by atoms with Crippen molar-refractivity contribution in [1.29, 1.82) is 5.26 Å². The van der Waals surface area contributed by atoms with E-state index in [9.17, 15) is 14.4 Å². The van der Waals surface area contributed by atoms with Crippen LogP contribution < -0.4 is 10.2 Å². The maximum atomic E-state index is 14.4. The summed E-state index contributed by atoms with van der Waals surface area (Å²) in [5, 5.41) is 12.6. The first kappa shape index (κ1) is 20.3. The Morgan fingerprint density at radius 3 is 2.80 bits per heavy atom. The van der Waals surface area contributed by atoms with E-state index in [1.165, 1.54) is 6.07 Å². The number of amides is 1. The van der Waals surface area contributed by atoms with Gasteiger partial charge in [0.2, 0.25) is 0 Å². The van der Waals surface area contributed by atoms with Crippen LogP contribution in [0, 0.1) is 24.1 Å². The van der Waals surface area contributed by atoms with Crippen LogP contribution >= 0.6 is 0 Å². The molecular formula is C23H25FN4O2. The zero-order valence-electron chi connectivity index (χ0n) is 17.5. The summed E-state index contributed by atoms with van der Waals surface area (Å²) in [4.78, 5) is 19.0. The van der Waals surface area contributed by atoms with Crippen LogP contribution in [0.3, 0.4) is 0 Å². The number of pyridine rings is 1. The SMILES string of the molecule is COC1(C)CCN(c2ncc(-c3cc(C(=O)NC4CC4)c(F)cc3C)cc2C#N)C1. The number of nitriles is 1. The monoisotopic (exact) mass is 408 g/mol. The van der Waals surface area contributed by atoms with E-state index in [2.05, 4.69) is 21.3 Å². The fourth-order valence-electron chi connectivity index (χ4n) is 3.87. The summed E-state index contributed by atoms with van der Waals surface area (Å²) < 4.78 is 20.0. The van der Waals surface area contributed by atoms with Crippen molar-refractivity contribution in [3.8, 4) is 17.2 Å². The molecule has 30 heavy (non-hydrogen) atoms. The van der Waals surface area contributed by atoms with Crippen LogP contribution in [0.4, 0.5) is 10.2 Å². The van der Waals surface area contributed by atoms with Crippen LogP contribution in [0.25, 0.3) is 11.1 Å². The lowest BCUT2D eigenvalue weighted by atomic mass is 9.97. The molecule has 1 atom stereocenters. The van der Waals surface area contributed by atoms with Gasteiger partial charge in [0.05, 0.1) is 16.7 Å². The molecule has 1 aromatic carbocycles. The molecule has 1 aliphatic carbocycles. The van der Waals surface area contributed by atoms with Gasteiger partial charge >= 0.3 is 0 Å². The van der Waals surface area contributed by atoms with Gasteiger partial charge in [0.1, 0.15) is 17.7 Å². The molecule has 0 bridgehead atoms. The number of hydrogen-bond acceptors (Lipinski definition) is 5. The minimum absolute atomic E-state index is 0.0143. The quantitative estimate of drug-likeness (QED) is 0.818. The lowest BCUT2D eigenvalue weighted by Crippen LogP contribution is -2.32. The fourth-order valence-corrected chi connectivity index (χ4v) is 3.87. The molecule has 0 spiro atoms. The zero-order valence-corrected chi connectivity index (χ0v) is 17.5. The van der Waals surface area contributed by atoms with Gasteiger partial charge in [-0.3, -0.25) is 4.79 Å². The number of hydrogen-bond donors (Lipinski definition) is 1. The maximum absolute atomic E-state index is 14.4. The van der Waals surface area contributed by atoms with Crippen LogP contribution in [-0.4, -0.2) is 42.7 Å². The number of anilines is 1. The average Bonchev–Trinajstić information content (AvgIpc) is 3.46. The molecule has 2 fully saturated rings. The predicted octanol–water partition coefficient (Wildman–Crippen LogP) is 3.58. The Labute approximate surface area is 175 Å². The highest BCUT2D eigenvalue weighted by atomic mass is 19.1. The molecule has 1 amide bonds. The zero-order chi connectivity index (χ0) is 21.5. The average molecular weight is 408 g/mol. The molecule has 4 rings (SSSR count). The third kappa shape index (κ3) is 3.88. The van der Waals surface area contributed by atoms with Crippen molar-refractivity contribution in [3.05, 3.63) is 46.9 Å². The summed E-state index contributed by atoms with van der Waals surface area (Å²) in [6.07, 6.45) is 4.40. The first-order chi connectivity index (χ1) is 14.3. The van der Waals surface area contributed by atoms with Crippen LogP contribution in [0.15, 0.2) is 24.4 Å². The lowest BCUT2D eigenvalue weighted by Gasteiger charge is -2.24. The molecule has 1 unspecified atom stereocenters. The number of halogens is 1. The Balaban J connectivity index is 1.67. The van der Waals surface area contributed by atoms with Crippen LogP contribution in [0.2, 0.25) is 0 Å². The first-order valence-electron chi connectivity index (χ1n) is 10.1. The molecule has 1 saturated heterocycles. The Kier molecular flexibility index (Phi) is 5.20. The van der Waals surface area contributed by atoms with E-state index in [-0.39, 0.29) is 17.2 Å². The number of aromatic nitrogens is 1. The van der Waals surface area contributed by atoms with Gasteiger partial charge in [-0.25, -0.2) is 9.37 Å². The van der Waals surface area contributed by atoms with Crippen LogP contribution in [-0.2, 0) is 4.74 Å². The Bertz CT molecular complexity index is 1040.